The summed E-state index contributed by atoms with van der Waals surface area (Å²) in [5.74, 6) is -1.47. The number of nitrogens with one attached hydrogen (secondary N) is 1. The van der Waals surface area contributed by atoms with Crippen LogP contribution in [0.15, 0.2) is 0 Å². The summed E-state index contributed by atoms with van der Waals surface area (Å²) < 4.78 is 4.79. The van der Waals surface area contributed by atoms with Crippen LogP contribution in [0.5, 0.6) is 0 Å². The van der Waals surface area contributed by atoms with Crippen molar-refractivity contribution in [3.63, 3.8) is 0 Å². The Hall–Kier alpha value is -1.83. The number of carbonyl (C=O) groups excluding carboxylic acids is 2. The van der Waals surface area contributed by atoms with Crippen molar-refractivity contribution in [2.45, 2.75) is 12.8 Å². The second-order valence-electron chi connectivity index (χ2n) is 4.36. The first kappa shape index (κ1) is 15.2. The number of urea groups is 1. The van der Waals surface area contributed by atoms with E-state index in [1.54, 1.807) is 0 Å². The summed E-state index contributed by atoms with van der Waals surface area (Å²) in [5.41, 5.74) is 5.18. The normalized spacial score (nSPS) is 18.9. The van der Waals surface area contributed by atoms with Gasteiger partial charge in [0.15, 0.2) is 0 Å². The Morgan fingerprint density at radius 2 is 2.16 bits per heavy atom. The van der Waals surface area contributed by atoms with E-state index in [0.717, 1.165) is 6.42 Å². The third kappa shape index (κ3) is 5.56. The topological polar surface area (TPSA) is 122 Å². The molecule has 4 N–H and O–H groups in total. The predicted molar refractivity (Wildman–Crippen MR) is 65.3 cm³/mol. The van der Waals surface area contributed by atoms with E-state index in [4.69, 9.17) is 15.6 Å². The third-order valence-corrected chi connectivity index (χ3v) is 2.88. The second-order valence-corrected chi connectivity index (χ2v) is 4.36. The fraction of sp³-hybridized carbons (Fsp3) is 0.727. The van der Waals surface area contributed by atoms with E-state index in [0.29, 0.717) is 19.5 Å². The number of carboxylic acids is 1. The number of likely N-dealkylation sites (tertiary alicyclic amines) is 1. The zero-order valence-corrected chi connectivity index (χ0v) is 10.6. The van der Waals surface area contributed by atoms with Gasteiger partial charge in [-0.05, 0) is 12.8 Å². The number of amides is 3. The number of ether oxygens (including phenoxy) is 1. The zero-order valence-electron chi connectivity index (χ0n) is 10.6. The van der Waals surface area contributed by atoms with Crippen molar-refractivity contribution in [2.24, 2.45) is 11.7 Å². The van der Waals surface area contributed by atoms with Crippen LogP contribution in [-0.4, -0.2) is 60.8 Å². The van der Waals surface area contributed by atoms with E-state index in [-0.39, 0.29) is 31.6 Å². The number of aliphatic carboxylic acids is 1. The Labute approximate surface area is 110 Å². The minimum absolute atomic E-state index is 0.143. The molecule has 0 radical (unpaired) electrons. The quantitative estimate of drug-likeness (QED) is 0.535. The van der Waals surface area contributed by atoms with Crippen molar-refractivity contribution in [3.8, 4) is 0 Å². The van der Waals surface area contributed by atoms with E-state index >= 15 is 0 Å². The van der Waals surface area contributed by atoms with Crippen LogP contribution in [0.1, 0.15) is 12.8 Å². The lowest BCUT2D eigenvalue weighted by Gasteiger charge is -2.30. The molecule has 1 heterocycles. The third-order valence-electron chi connectivity index (χ3n) is 2.88. The van der Waals surface area contributed by atoms with Crippen molar-refractivity contribution in [2.75, 3.05) is 32.8 Å². The minimum Gasteiger partial charge on any atom is -0.480 e. The van der Waals surface area contributed by atoms with Gasteiger partial charge < -0.3 is 25.8 Å². The molecular weight excluding hydrogens is 254 g/mol. The molecule has 1 unspecified atom stereocenters. The Balaban J connectivity index is 2.21. The highest BCUT2D eigenvalue weighted by molar-refractivity contribution is 5.80. The number of rotatable bonds is 6. The summed E-state index contributed by atoms with van der Waals surface area (Å²) in [7, 11) is 0. The second kappa shape index (κ2) is 7.57. The molecule has 3 amide bonds. The number of nitrogens with two attached hydrogens (primary N) is 1. The molecule has 8 nitrogen and oxygen atoms in total. The maximum Gasteiger partial charge on any atom is 0.329 e. The fourth-order valence-electron chi connectivity index (χ4n) is 1.94. The van der Waals surface area contributed by atoms with Crippen molar-refractivity contribution < 1.29 is 24.2 Å². The standard InChI is InChI=1S/C11H19N3O5/c12-11(18)14-4-1-2-8(6-14)10(17)13-3-5-19-7-9(15)16/h8H,1-7H2,(H2,12,18)(H,13,17)(H,15,16). The molecule has 0 aromatic rings. The molecule has 0 saturated carbocycles. The van der Waals surface area contributed by atoms with Crippen LogP contribution in [0.25, 0.3) is 0 Å². The minimum atomic E-state index is -1.05. The molecule has 1 aliphatic heterocycles. The Kier molecular flexibility index (Phi) is 6.07. The number of hydrogen-bond acceptors (Lipinski definition) is 4. The lowest BCUT2D eigenvalue weighted by molar-refractivity contribution is -0.142. The van der Waals surface area contributed by atoms with Crippen LogP contribution in [0.3, 0.4) is 0 Å². The molecule has 8 heteroatoms. The molecule has 1 rings (SSSR count). The van der Waals surface area contributed by atoms with Gasteiger partial charge in [0.1, 0.15) is 6.61 Å². The van der Waals surface area contributed by atoms with Crippen molar-refractivity contribution >= 4 is 17.9 Å². The highest BCUT2D eigenvalue weighted by Gasteiger charge is 2.26. The first-order valence-corrected chi connectivity index (χ1v) is 6.12. The number of primary amides is 1. The lowest BCUT2D eigenvalue weighted by Crippen LogP contribution is -2.47. The van der Waals surface area contributed by atoms with Gasteiger partial charge in [-0.3, -0.25) is 4.79 Å². The molecule has 0 bridgehead atoms. The van der Waals surface area contributed by atoms with Crippen LogP contribution in [0, 0.1) is 5.92 Å². The number of carbonyl (C=O) groups is 3. The number of hydrogen-bond donors (Lipinski definition) is 3. The van der Waals surface area contributed by atoms with E-state index < -0.39 is 12.0 Å². The van der Waals surface area contributed by atoms with Crippen molar-refractivity contribution in [3.05, 3.63) is 0 Å². The number of piperidine rings is 1. The Morgan fingerprint density at radius 1 is 1.42 bits per heavy atom. The van der Waals surface area contributed by atoms with Crippen LogP contribution < -0.4 is 11.1 Å². The molecule has 1 saturated heterocycles. The monoisotopic (exact) mass is 273 g/mol. The molecule has 108 valence electrons. The first-order valence-electron chi connectivity index (χ1n) is 6.12. The molecule has 1 aliphatic rings. The van der Waals surface area contributed by atoms with Gasteiger partial charge in [-0.25, -0.2) is 9.59 Å². The van der Waals surface area contributed by atoms with Crippen LogP contribution in [-0.2, 0) is 14.3 Å². The molecular formula is C11H19N3O5. The van der Waals surface area contributed by atoms with E-state index in [9.17, 15) is 14.4 Å². The average molecular weight is 273 g/mol. The molecule has 0 spiro atoms. The predicted octanol–water partition coefficient (Wildman–Crippen LogP) is -1.01. The average Bonchev–Trinajstić information content (AvgIpc) is 2.37. The highest BCUT2D eigenvalue weighted by Crippen LogP contribution is 2.16. The lowest BCUT2D eigenvalue weighted by atomic mass is 9.97. The van der Waals surface area contributed by atoms with Crippen molar-refractivity contribution in [1.82, 2.24) is 10.2 Å². The van der Waals surface area contributed by atoms with Crippen LogP contribution in [0.4, 0.5) is 4.79 Å². The smallest absolute Gasteiger partial charge is 0.329 e. The van der Waals surface area contributed by atoms with Gasteiger partial charge in [-0.1, -0.05) is 0 Å². The van der Waals surface area contributed by atoms with E-state index in [1.807, 2.05) is 0 Å². The van der Waals surface area contributed by atoms with Gasteiger partial charge in [0, 0.05) is 19.6 Å². The summed E-state index contributed by atoms with van der Waals surface area (Å²) in [6.45, 7) is 0.927. The largest absolute Gasteiger partial charge is 0.480 e. The summed E-state index contributed by atoms with van der Waals surface area (Å²) in [5, 5.41) is 11.0. The summed E-state index contributed by atoms with van der Waals surface area (Å²) in [6.07, 6.45) is 1.46. The molecule has 1 atom stereocenters. The van der Waals surface area contributed by atoms with E-state index in [2.05, 4.69) is 5.32 Å². The first-order chi connectivity index (χ1) is 9.00. The summed E-state index contributed by atoms with van der Waals surface area (Å²) in [6, 6.07) is -0.512. The molecule has 0 aromatic carbocycles. The molecule has 0 aromatic heterocycles. The van der Waals surface area contributed by atoms with Gasteiger partial charge in [0.05, 0.1) is 12.5 Å². The SMILES string of the molecule is NC(=O)N1CCCC(C(=O)NCCOCC(=O)O)C1. The van der Waals surface area contributed by atoms with Gasteiger partial charge in [-0.2, -0.15) is 0 Å². The summed E-state index contributed by atoms with van der Waals surface area (Å²) >= 11 is 0. The van der Waals surface area contributed by atoms with Gasteiger partial charge in [-0.15, -0.1) is 0 Å². The zero-order chi connectivity index (χ0) is 14.3. The maximum atomic E-state index is 11.8. The van der Waals surface area contributed by atoms with Gasteiger partial charge in [0.25, 0.3) is 0 Å². The van der Waals surface area contributed by atoms with Gasteiger partial charge >= 0.3 is 12.0 Å². The molecule has 19 heavy (non-hydrogen) atoms. The fourth-order valence-corrected chi connectivity index (χ4v) is 1.94. The van der Waals surface area contributed by atoms with E-state index in [1.165, 1.54) is 4.90 Å². The summed E-state index contributed by atoms with van der Waals surface area (Å²) in [4.78, 5) is 34.5. The van der Waals surface area contributed by atoms with Crippen LogP contribution >= 0.6 is 0 Å². The number of carboxylic acid groups (broad SMARTS) is 1. The van der Waals surface area contributed by atoms with Crippen molar-refractivity contribution in [1.29, 1.82) is 0 Å². The Morgan fingerprint density at radius 3 is 2.79 bits per heavy atom. The Bertz CT molecular complexity index is 347. The molecule has 1 fully saturated rings. The molecule has 0 aliphatic carbocycles. The van der Waals surface area contributed by atoms with Crippen LogP contribution in [0.2, 0.25) is 0 Å². The number of nitrogens with zero attached hydrogens (tertiary/aromatic N) is 1. The highest BCUT2D eigenvalue weighted by atomic mass is 16.5. The maximum absolute atomic E-state index is 11.8. The van der Waals surface area contributed by atoms with Gasteiger partial charge in [0.2, 0.25) is 5.91 Å².